The summed E-state index contributed by atoms with van der Waals surface area (Å²) in [5.41, 5.74) is 1.73. The van der Waals surface area contributed by atoms with Crippen LogP contribution in [0.1, 0.15) is 35.6 Å². The summed E-state index contributed by atoms with van der Waals surface area (Å²) in [5.74, 6) is 2.22. The van der Waals surface area contributed by atoms with Gasteiger partial charge in [-0.3, -0.25) is 14.2 Å². The van der Waals surface area contributed by atoms with Crippen LogP contribution in [0.3, 0.4) is 0 Å². The van der Waals surface area contributed by atoms with Crippen LogP contribution in [0.25, 0.3) is 0 Å². The van der Waals surface area contributed by atoms with E-state index in [-0.39, 0.29) is 29.1 Å². The monoisotopic (exact) mass is 496 g/mol. The molecule has 3 aromatic rings. The molecule has 0 radical (unpaired) electrons. The minimum atomic E-state index is -0.359. The fourth-order valence-corrected chi connectivity index (χ4v) is 9.30. The molecular formula is C26H25FN2O3S2. The molecule has 5 atom stereocenters. The van der Waals surface area contributed by atoms with Gasteiger partial charge in [-0.25, -0.2) is 4.39 Å². The third-order valence-corrected chi connectivity index (χ3v) is 10.4. The molecule has 0 spiro atoms. The molecule has 34 heavy (non-hydrogen) atoms. The number of ether oxygens (including phenoxy) is 1. The van der Waals surface area contributed by atoms with E-state index in [2.05, 4.69) is 17.4 Å². The lowest BCUT2D eigenvalue weighted by molar-refractivity contribution is -0.116. The molecule has 0 saturated heterocycles. The van der Waals surface area contributed by atoms with Crippen LogP contribution in [0.5, 0.6) is 5.75 Å². The maximum absolute atomic E-state index is 13.2. The van der Waals surface area contributed by atoms with Crippen LogP contribution in [0.15, 0.2) is 58.4 Å². The molecule has 2 aliphatic carbocycles. The SMILES string of the molecule is COc1ccc(C2c3sc(=O)n(CC(=O)Nc4ccc(F)cc4)c3SC3C4CCC(C4)C23)cc1. The number of methoxy groups -OCH3 is 1. The Morgan fingerprint density at radius 1 is 1.12 bits per heavy atom. The third kappa shape index (κ3) is 3.67. The van der Waals surface area contributed by atoms with Crippen LogP contribution in [0.2, 0.25) is 0 Å². The van der Waals surface area contributed by atoms with Crippen molar-refractivity contribution in [1.82, 2.24) is 4.57 Å². The van der Waals surface area contributed by atoms with Gasteiger partial charge >= 0.3 is 4.87 Å². The molecule has 6 rings (SSSR count). The van der Waals surface area contributed by atoms with Gasteiger partial charge in [0.2, 0.25) is 5.91 Å². The molecule has 3 aliphatic rings. The Balaban J connectivity index is 1.35. The van der Waals surface area contributed by atoms with E-state index in [1.807, 2.05) is 23.9 Å². The second-order valence-corrected chi connectivity index (χ2v) is 11.6. The predicted molar refractivity (Wildman–Crippen MR) is 132 cm³/mol. The van der Waals surface area contributed by atoms with Crippen molar-refractivity contribution in [2.24, 2.45) is 17.8 Å². The quantitative estimate of drug-likeness (QED) is 0.517. The number of anilines is 1. The zero-order valence-electron chi connectivity index (χ0n) is 18.7. The Hall–Kier alpha value is -2.58. The molecule has 1 aromatic heterocycles. The molecule has 5 nitrogen and oxygen atoms in total. The number of amides is 1. The van der Waals surface area contributed by atoms with Crippen molar-refractivity contribution >= 4 is 34.7 Å². The molecule has 5 unspecified atom stereocenters. The molecule has 2 fully saturated rings. The van der Waals surface area contributed by atoms with Crippen LogP contribution < -0.4 is 14.9 Å². The van der Waals surface area contributed by atoms with Crippen molar-refractivity contribution < 1.29 is 13.9 Å². The highest BCUT2D eigenvalue weighted by Gasteiger charge is 2.55. The van der Waals surface area contributed by atoms with E-state index in [1.54, 1.807) is 11.7 Å². The summed E-state index contributed by atoms with van der Waals surface area (Å²) in [6.45, 7) is -0.0458. The van der Waals surface area contributed by atoms with E-state index in [4.69, 9.17) is 4.74 Å². The van der Waals surface area contributed by atoms with Crippen molar-refractivity contribution in [2.45, 2.75) is 42.0 Å². The Morgan fingerprint density at radius 3 is 2.59 bits per heavy atom. The summed E-state index contributed by atoms with van der Waals surface area (Å²) in [6.07, 6.45) is 3.78. The summed E-state index contributed by atoms with van der Waals surface area (Å²) in [5, 5.41) is 4.20. The Morgan fingerprint density at radius 2 is 1.85 bits per heavy atom. The lowest BCUT2D eigenvalue weighted by Gasteiger charge is -2.40. The van der Waals surface area contributed by atoms with Gasteiger partial charge in [0.15, 0.2) is 0 Å². The Kier molecular flexibility index (Phi) is 5.53. The van der Waals surface area contributed by atoms with E-state index >= 15 is 0 Å². The molecule has 2 saturated carbocycles. The maximum atomic E-state index is 13.2. The average molecular weight is 497 g/mol. The van der Waals surface area contributed by atoms with Gasteiger partial charge in [0.05, 0.1) is 12.1 Å². The number of halogens is 1. The third-order valence-electron chi connectivity index (χ3n) is 7.60. The van der Waals surface area contributed by atoms with Gasteiger partial charge in [0.1, 0.15) is 18.1 Å². The maximum Gasteiger partial charge on any atom is 0.308 e. The molecular weight excluding hydrogens is 471 g/mol. The highest BCUT2D eigenvalue weighted by molar-refractivity contribution is 8.00. The largest absolute Gasteiger partial charge is 0.497 e. The topological polar surface area (TPSA) is 60.3 Å². The predicted octanol–water partition coefficient (Wildman–Crippen LogP) is 5.35. The first-order chi connectivity index (χ1) is 16.5. The molecule has 2 aromatic carbocycles. The van der Waals surface area contributed by atoms with Crippen molar-refractivity contribution in [3.05, 3.63) is 74.5 Å². The Bertz CT molecular complexity index is 1280. The standard InChI is InChI=1S/C26H25FN2O3S2/c1-32-19-10-4-14(5-11-19)21-22-15-2-3-16(12-15)23(22)33-25-24(21)34-26(31)29(25)13-20(30)28-18-8-6-17(27)7-9-18/h4-11,15-16,21-23H,2-3,12-13H2,1H3,(H,28,30). The summed E-state index contributed by atoms with van der Waals surface area (Å²) in [4.78, 5) is 26.9. The van der Waals surface area contributed by atoms with Gasteiger partial charge in [-0.2, -0.15) is 0 Å². The molecule has 176 valence electrons. The fourth-order valence-electron chi connectivity index (χ4n) is 6.15. The summed E-state index contributed by atoms with van der Waals surface area (Å²) < 4.78 is 20.2. The number of nitrogens with one attached hydrogen (secondary N) is 1. The second-order valence-electron chi connectivity index (χ2n) is 9.42. The number of carbonyl (C=O) groups excluding carboxylic acids is 1. The van der Waals surface area contributed by atoms with Gasteiger partial charge in [0.25, 0.3) is 0 Å². The van der Waals surface area contributed by atoms with Crippen LogP contribution in [-0.4, -0.2) is 22.8 Å². The first-order valence-electron chi connectivity index (χ1n) is 11.6. The van der Waals surface area contributed by atoms with E-state index in [0.717, 1.165) is 15.7 Å². The van der Waals surface area contributed by atoms with Gasteiger partial charge in [0, 0.05) is 21.7 Å². The summed E-state index contributed by atoms with van der Waals surface area (Å²) in [6, 6.07) is 13.9. The minimum absolute atomic E-state index is 0.0458. The van der Waals surface area contributed by atoms with E-state index in [9.17, 15) is 14.0 Å². The van der Waals surface area contributed by atoms with Crippen LogP contribution in [-0.2, 0) is 11.3 Å². The Labute approximate surface area is 205 Å². The highest BCUT2D eigenvalue weighted by Crippen LogP contribution is 2.64. The van der Waals surface area contributed by atoms with Crippen LogP contribution in [0, 0.1) is 23.6 Å². The molecule has 2 bridgehead atoms. The molecule has 1 amide bonds. The number of thiazole rings is 1. The molecule has 1 aliphatic heterocycles. The molecule has 8 heteroatoms. The normalized spacial score (nSPS) is 26.7. The number of thioether (sulfide) groups is 1. The van der Waals surface area contributed by atoms with Crippen LogP contribution >= 0.6 is 23.1 Å². The van der Waals surface area contributed by atoms with Crippen molar-refractivity contribution in [1.29, 1.82) is 0 Å². The zero-order chi connectivity index (χ0) is 23.4. The summed E-state index contributed by atoms with van der Waals surface area (Å²) in [7, 11) is 1.67. The number of carbonyl (C=O) groups is 1. The molecule has 2 heterocycles. The lowest BCUT2D eigenvalue weighted by Crippen LogP contribution is -2.34. The van der Waals surface area contributed by atoms with Crippen LogP contribution in [0.4, 0.5) is 10.1 Å². The van der Waals surface area contributed by atoms with E-state index in [1.165, 1.54) is 60.4 Å². The van der Waals surface area contributed by atoms with Gasteiger partial charge < -0.3 is 10.1 Å². The average Bonchev–Trinajstić information content (AvgIpc) is 3.54. The minimum Gasteiger partial charge on any atom is -0.497 e. The van der Waals surface area contributed by atoms with Gasteiger partial charge in [-0.1, -0.05) is 23.5 Å². The number of rotatable bonds is 5. The zero-order valence-corrected chi connectivity index (χ0v) is 20.3. The number of hydrogen-bond donors (Lipinski definition) is 1. The van der Waals surface area contributed by atoms with Gasteiger partial charge in [-0.05, 0) is 79.0 Å². The number of hydrogen-bond acceptors (Lipinski definition) is 5. The lowest BCUT2D eigenvalue weighted by atomic mass is 9.75. The van der Waals surface area contributed by atoms with Crippen molar-refractivity contribution in [2.75, 3.05) is 12.4 Å². The first-order valence-corrected chi connectivity index (χ1v) is 13.3. The fraction of sp³-hybridized carbons (Fsp3) is 0.385. The van der Waals surface area contributed by atoms with Crippen molar-refractivity contribution in [3.63, 3.8) is 0 Å². The second kappa shape index (κ2) is 8.57. The van der Waals surface area contributed by atoms with Crippen molar-refractivity contribution in [3.8, 4) is 5.75 Å². The molecule has 1 N–H and O–H groups in total. The van der Waals surface area contributed by atoms with E-state index < -0.39 is 0 Å². The first kappa shape index (κ1) is 21.9. The number of nitrogens with zero attached hydrogens (tertiary/aromatic N) is 1. The number of fused-ring (bicyclic) bond motifs is 6. The highest BCUT2D eigenvalue weighted by atomic mass is 32.2. The number of benzene rings is 2. The van der Waals surface area contributed by atoms with Gasteiger partial charge in [-0.15, -0.1) is 11.8 Å². The van der Waals surface area contributed by atoms with E-state index in [0.29, 0.717) is 28.7 Å². The summed E-state index contributed by atoms with van der Waals surface area (Å²) >= 11 is 3.10. The number of aromatic nitrogens is 1. The smallest absolute Gasteiger partial charge is 0.308 e.